The van der Waals surface area contributed by atoms with Gasteiger partial charge in [-0.05, 0) is 45.1 Å². The van der Waals surface area contributed by atoms with Crippen LogP contribution in [0.3, 0.4) is 0 Å². The summed E-state index contributed by atoms with van der Waals surface area (Å²) in [5.41, 5.74) is 0.484. The number of unbranched alkanes of at least 4 members (excludes halogenated alkanes) is 6. The van der Waals surface area contributed by atoms with Gasteiger partial charge in [0.25, 0.3) is 0 Å². The van der Waals surface area contributed by atoms with Crippen molar-refractivity contribution in [2.24, 2.45) is 0 Å². The van der Waals surface area contributed by atoms with Crippen LogP contribution in [0, 0.1) is 0 Å². The first kappa shape index (κ1) is 18.1. The Morgan fingerprint density at radius 3 is 1.90 bits per heavy atom. The van der Waals surface area contributed by atoms with E-state index >= 15 is 0 Å². The minimum absolute atomic E-state index is 0.484. The van der Waals surface area contributed by atoms with Gasteiger partial charge in [0.05, 0.1) is 0 Å². The summed E-state index contributed by atoms with van der Waals surface area (Å²) in [6.07, 6.45) is 17.0. The normalized spacial score (nSPS) is 20.6. The van der Waals surface area contributed by atoms with Crippen LogP contribution in [0.5, 0.6) is 0 Å². The first-order valence-corrected chi connectivity index (χ1v) is 9.40. The van der Waals surface area contributed by atoms with Crippen molar-refractivity contribution in [2.45, 2.75) is 109 Å². The lowest BCUT2D eigenvalue weighted by molar-refractivity contribution is 0.0938. The van der Waals surface area contributed by atoms with Crippen molar-refractivity contribution in [3.8, 4) is 0 Å². The average Bonchev–Trinajstić information content (AvgIpc) is 2.87. The number of rotatable bonds is 11. The molecule has 0 aromatic rings. The molecule has 1 atom stereocenters. The number of nitrogens with zero attached hydrogens (tertiary/aromatic N) is 1. The topological polar surface area (TPSA) is 3.24 Å². The summed E-state index contributed by atoms with van der Waals surface area (Å²) in [5.74, 6) is 0.817. The highest BCUT2D eigenvalue weighted by Gasteiger charge is 2.36. The molecule has 2 heteroatoms. The molecule has 0 saturated carbocycles. The van der Waals surface area contributed by atoms with Crippen LogP contribution in [-0.4, -0.2) is 30.8 Å². The summed E-state index contributed by atoms with van der Waals surface area (Å²) < 4.78 is 0. The van der Waals surface area contributed by atoms with E-state index in [4.69, 9.17) is 0 Å². The second-order valence-electron chi connectivity index (χ2n) is 7.30. The van der Waals surface area contributed by atoms with Crippen LogP contribution in [0.4, 0.5) is 0 Å². The van der Waals surface area contributed by atoms with Gasteiger partial charge in [-0.2, -0.15) is 0 Å². The molecular weight excluding hydrogens is 241 g/mol. The maximum Gasteiger partial charge on any atom is 0.123 e. The summed E-state index contributed by atoms with van der Waals surface area (Å²) in [7, 11) is 2.45. The highest BCUT2D eigenvalue weighted by atomic mass is 15.2. The first-order chi connectivity index (χ1) is 9.64. The zero-order valence-corrected chi connectivity index (χ0v) is 14.7. The van der Waals surface area contributed by atoms with Gasteiger partial charge in [0, 0.05) is 5.54 Å². The molecule has 0 aromatic heterocycles. The second-order valence-corrected chi connectivity index (χ2v) is 7.30. The van der Waals surface area contributed by atoms with E-state index in [9.17, 15) is 0 Å². The molecule has 0 aromatic carbocycles. The van der Waals surface area contributed by atoms with Gasteiger partial charge in [0.15, 0.2) is 0 Å². The van der Waals surface area contributed by atoms with Crippen LogP contribution in [-0.2, 0) is 0 Å². The molecule has 0 amide bonds. The maximum atomic E-state index is 2.85. The van der Waals surface area contributed by atoms with Crippen molar-refractivity contribution in [3.05, 3.63) is 0 Å². The zero-order valence-electron chi connectivity index (χ0n) is 14.7. The fourth-order valence-electron chi connectivity index (χ4n) is 4.01. The van der Waals surface area contributed by atoms with Crippen LogP contribution in [0.15, 0.2) is 0 Å². The van der Waals surface area contributed by atoms with Crippen LogP contribution in [0.1, 0.15) is 97.8 Å². The average molecular weight is 279 g/mol. The molecule has 0 bridgehead atoms. The van der Waals surface area contributed by atoms with Gasteiger partial charge in [0.1, 0.15) is 7.85 Å². The molecule has 0 radical (unpaired) electrons. The minimum atomic E-state index is 0.484. The fraction of sp³-hybridized carbons (Fsp3) is 1.00. The summed E-state index contributed by atoms with van der Waals surface area (Å²) >= 11 is 0. The molecule has 1 fully saturated rings. The van der Waals surface area contributed by atoms with Crippen LogP contribution < -0.4 is 0 Å². The molecule has 1 rings (SSSR count). The molecule has 20 heavy (non-hydrogen) atoms. The lowest BCUT2D eigenvalue weighted by Gasteiger charge is -2.42. The van der Waals surface area contributed by atoms with Crippen molar-refractivity contribution in [2.75, 3.05) is 6.54 Å². The molecule has 1 nitrogen and oxygen atoms in total. The van der Waals surface area contributed by atoms with Gasteiger partial charge in [0.2, 0.25) is 0 Å². The SMILES string of the molecule is BC1CCCN1C(C)(CCCCCC)CCCCCC. The minimum Gasteiger partial charge on any atom is -0.303 e. The Bertz CT molecular complexity index is 230. The van der Waals surface area contributed by atoms with E-state index in [1.165, 1.54) is 83.6 Å². The third-order valence-electron chi connectivity index (χ3n) is 5.38. The molecule has 1 heterocycles. The molecule has 1 aliphatic heterocycles. The number of hydrogen-bond acceptors (Lipinski definition) is 1. The van der Waals surface area contributed by atoms with E-state index in [0.717, 1.165) is 5.94 Å². The predicted molar refractivity (Wildman–Crippen MR) is 94.2 cm³/mol. The van der Waals surface area contributed by atoms with E-state index in [1.54, 1.807) is 0 Å². The van der Waals surface area contributed by atoms with Gasteiger partial charge < -0.3 is 4.90 Å². The molecule has 118 valence electrons. The lowest BCUT2D eigenvalue weighted by atomic mass is 9.82. The summed E-state index contributed by atoms with van der Waals surface area (Å²) in [4.78, 5) is 2.85. The van der Waals surface area contributed by atoms with Gasteiger partial charge >= 0.3 is 0 Å². The summed E-state index contributed by atoms with van der Waals surface area (Å²) in [5, 5.41) is 0. The van der Waals surface area contributed by atoms with Crippen molar-refractivity contribution in [3.63, 3.8) is 0 Å². The van der Waals surface area contributed by atoms with Crippen molar-refractivity contribution >= 4 is 7.85 Å². The Hall–Kier alpha value is 0.0249. The Morgan fingerprint density at radius 1 is 0.950 bits per heavy atom. The molecule has 0 aliphatic carbocycles. The van der Waals surface area contributed by atoms with Crippen molar-refractivity contribution in [1.82, 2.24) is 4.90 Å². The molecular formula is C18H38BN. The highest BCUT2D eigenvalue weighted by molar-refractivity contribution is 6.11. The smallest absolute Gasteiger partial charge is 0.123 e. The fourth-order valence-corrected chi connectivity index (χ4v) is 4.01. The Morgan fingerprint density at radius 2 is 1.50 bits per heavy atom. The van der Waals surface area contributed by atoms with Crippen LogP contribution in [0.2, 0.25) is 0 Å². The Labute approximate surface area is 129 Å². The van der Waals surface area contributed by atoms with Crippen LogP contribution >= 0.6 is 0 Å². The maximum absolute atomic E-state index is 2.85. The third kappa shape index (κ3) is 5.80. The zero-order chi connectivity index (χ0) is 14.8. The number of likely N-dealkylation sites (tertiary alicyclic amines) is 1. The van der Waals surface area contributed by atoms with Crippen molar-refractivity contribution in [1.29, 1.82) is 0 Å². The second kappa shape index (κ2) is 9.87. The lowest BCUT2D eigenvalue weighted by Crippen LogP contribution is -2.49. The van der Waals surface area contributed by atoms with E-state index in [0.29, 0.717) is 5.54 Å². The van der Waals surface area contributed by atoms with Crippen LogP contribution in [0.25, 0.3) is 0 Å². The molecule has 1 aliphatic rings. The number of hydrogen-bond donors (Lipinski definition) is 0. The summed E-state index contributed by atoms with van der Waals surface area (Å²) in [6, 6.07) is 0. The molecule has 0 N–H and O–H groups in total. The standard InChI is InChI=1S/C18H38BN/c1-4-6-8-10-14-18(3,15-11-9-7-5-2)20-16-12-13-17(20)19/h17H,4-16,19H2,1-3H3. The van der Waals surface area contributed by atoms with E-state index in [1.807, 2.05) is 0 Å². The largest absolute Gasteiger partial charge is 0.303 e. The van der Waals surface area contributed by atoms with E-state index in [-0.39, 0.29) is 0 Å². The van der Waals surface area contributed by atoms with E-state index in [2.05, 4.69) is 33.5 Å². The summed E-state index contributed by atoms with van der Waals surface area (Å²) in [6.45, 7) is 8.53. The quantitative estimate of drug-likeness (QED) is 0.390. The molecule has 0 spiro atoms. The Kier molecular flexibility index (Phi) is 8.92. The predicted octanol–water partition coefficient (Wildman–Crippen LogP) is 4.74. The van der Waals surface area contributed by atoms with Gasteiger partial charge in [-0.1, -0.05) is 65.2 Å². The van der Waals surface area contributed by atoms with Gasteiger partial charge in [-0.25, -0.2) is 0 Å². The third-order valence-corrected chi connectivity index (χ3v) is 5.38. The van der Waals surface area contributed by atoms with Gasteiger partial charge in [-0.3, -0.25) is 0 Å². The van der Waals surface area contributed by atoms with Crippen molar-refractivity contribution < 1.29 is 0 Å². The molecule has 1 unspecified atom stereocenters. The van der Waals surface area contributed by atoms with Gasteiger partial charge in [-0.15, -0.1) is 0 Å². The molecule has 1 saturated heterocycles. The first-order valence-electron chi connectivity index (χ1n) is 9.40. The Balaban J connectivity index is 2.47. The highest BCUT2D eigenvalue weighted by Crippen LogP contribution is 2.34. The monoisotopic (exact) mass is 279 g/mol. The van der Waals surface area contributed by atoms with E-state index < -0.39 is 0 Å².